The first-order chi connectivity index (χ1) is 14.9. The van der Waals surface area contributed by atoms with Gasteiger partial charge < -0.3 is 14.9 Å². The van der Waals surface area contributed by atoms with Crippen molar-refractivity contribution in [3.8, 4) is 11.6 Å². The van der Waals surface area contributed by atoms with E-state index >= 15 is 0 Å². The second-order valence-electron chi connectivity index (χ2n) is 6.24. The lowest BCUT2D eigenvalue weighted by atomic mass is 10.3. The number of nitrogens with zero attached hydrogens (tertiary/aromatic N) is 3. The smallest absolute Gasteiger partial charge is 0.414 e. The van der Waals surface area contributed by atoms with Gasteiger partial charge in [-0.15, -0.1) is 11.3 Å². The topological polar surface area (TPSA) is 115 Å². The summed E-state index contributed by atoms with van der Waals surface area (Å²) in [6.45, 7) is 2.11. The lowest BCUT2D eigenvalue weighted by Gasteiger charge is -2.06. The monoisotopic (exact) mass is 437 g/mol. The number of rotatable bonds is 4. The van der Waals surface area contributed by atoms with Crippen LogP contribution in [0.4, 0.5) is 0 Å². The van der Waals surface area contributed by atoms with Crippen molar-refractivity contribution >= 4 is 46.5 Å². The SMILES string of the molecule is COc1ccc2c(c1)nc(/C=C/c1ccc(C)s1)n2-c1ccccn1.O=C(O)C(=O)O. The molecular weight excluding hydrogens is 418 g/mol. The van der Waals surface area contributed by atoms with Gasteiger partial charge in [0.15, 0.2) is 0 Å². The highest BCUT2D eigenvalue weighted by molar-refractivity contribution is 7.12. The van der Waals surface area contributed by atoms with Crippen LogP contribution in [0.1, 0.15) is 15.6 Å². The molecule has 4 rings (SSSR count). The molecule has 0 unspecified atom stereocenters. The Morgan fingerprint density at radius 2 is 1.84 bits per heavy atom. The molecular formula is C22H19N3O5S. The molecule has 3 heterocycles. The lowest BCUT2D eigenvalue weighted by Crippen LogP contribution is -2.09. The molecule has 0 aliphatic carbocycles. The Bertz CT molecular complexity index is 1230. The maximum Gasteiger partial charge on any atom is 0.414 e. The van der Waals surface area contributed by atoms with E-state index in [1.165, 1.54) is 9.75 Å². The first kappa shape index (κ1) is 21.7. The summed E-state index contributed by atoms with van der Waals surface area (Å²) in [4.78, 5) is 30.0. The Labute approximate surface area is 181 Å². The molecule has 158 valence electrons. The summed E-state index contributed by atoms with van der Waals surface area (Å²) in [5.74, 6) is -1.17. The molecule has 4 aromatic rings. The molecule has 0 bridgehead atoms. The van der Waals surface area contributed by atoms with Crippen LogP contribution in [0.5, 0.6) is 5.75 Å². The fraction of sp³-hybridized carbons (Fsp3) is 0.0909. The van der Waals surface area contributed by atoms with Gasteiger partial charge in [0.25, 0.3) is 0 Å². The van der Waals surface area contributed by atoms with E-state index in [0.29, 0.717) is 0 Å². The minimum Gasteiger partial charge on any atom is -0.497 e. The van der Waals surface area contributed by atoms with E-state index < -0.39 is 11.9 Å². The largest absolute Gasteiger partial charge is 0.497 e. The maximum absolute atomic E-state index is 9.10. The number of hydrogen-bond acceptors (Lipinski definition) is 6. The maximum atomic E-state index is 9.10. The van der Waals surface area contributed by atoms with Crippen LogP contribution in [0.15, 0.2) is 54.7 Å². The van der Waals surface area contributed by atoms with Crippen molar-refractivity contribution in [1.29, 1.82) is 0 Å². The van der Waals surface area contributed by atoms with Gasteiger partial charge in [-0.1, -0.05) is 6.07 Å². The zero-order valence-corrected chi connectivity index (χ0v) is 17.5. The predicted molar refractivity (Wildman–Crippen MR) is 119 cm³/mol. The van der Waals surface area contributed by atoms with Crippen molar-refractivity contribution in [1.82, 2.24) is 14.5 Å². The molecule has 1 aromatic carbocycles. The Balaban J connectivity index is 0.000000401. The highest BCUT2D eigenvalue weighted by atomic mass is 32.1. The fourth-order valence-electron chi connectivity index (χ4n) is 2.74. The first-order valence-corrected chi connectivity index (χ1v) is 9.89. The van der Waals surface area contributed by atoms with Gasteiger partial charge in [-0.3, -0.25) is 4.57 Å². The number of aromatic nitrogens is 3. The molecule has 0 atom stereocenters. The second kappa shape index (κ2) is 9.68. The van der Waals surface area contributed by atoms with Crippen LogP contribution in [0.2, 0.25) is 0 Å². The first-order valence-electron chi connectivity index (χ1n) is 9.07. The third-order valence-corrected chi connectivity index (χ3v) is 5.07. The van der Waals surface area contributed by atoms with Gasteiger partial charge in [-0.05, 0) is 55.5 Å². The van der Waals surface area contributed by atoms with Crippen molar-refractivity contribution in [2.45, 2.75) is 6.92 Å². The van der Waals surface area contributed by atoms with Crippen molar-refractivity contribution in [2.24, 2.45) is 0 Å². The van der Waals surface area contributed by atoms with E-state index in [2.05, 4.69) is 34.7 Å². The highest BCUT2D eigenvalue weighted by Gasteiger charge is 2.12. The third kappa shape index (κ3) is 5.34. The van der Waals surface area contributed by atoms with Crippen LogP contribution in [0.25, 0.3) is 29.0 Å². The Hall–Kier alpha value is -3.98. The molecule has 8 nitrogen and oxygen atoms in total. The number of pyridine rings is 1. The van der Waals surface area contributed by atoms with Crippen LogP contribution in [0.3, 0.4) is 0 Å². The van der Waals surface area contributed by atoms with Gasteiger partial charge in [-0.2, -0.15) is 0 Å². The number of imidazole rings is 1. The van der Waals surface area contributed by atoms with Crippen molar-refractivity contribution < 1.29 is 24.5 Å². The van der Waals surface area contributed by atoms with Crippen LogP contribution in [-0.4, -0.2) is 43.8 Å². The number of fused-ring (bicyclic) bond motifs is 1. The summed E-state index contributed by atoms with van der Waals surface area (Å²) in [6, 6.07) is 16.0. The van der Waals surface area contributed by atoms with Gasteiger partial charge in [0.05, 0.1) is 18.1 Å². The van der Waals surface area contributed by atoms with Crippen molar-refractivity contribution in [3.63, 3.8) is 0 Å². The van der Waals surface area contributed by atoms with Gasteiger partial charge in [-0.25, -0.2) is 19.6 Å². The number of carboxylic acid groups (broad SMARTS) is 2. The van der Waals surface area contributed by atoms with Crippen LogP contribution >= 0.6 is 11.3 Å². The number of aryl methyl sites for hydroxylation is 1. The van der Waals surface area contributed by atoms with Gasteiger partial charge in [0.1, 0.15) is 17.4 Å². The van der Waals surface area contributed by atoms with Crippen molar-refractivity contribution in [3.05, 3.63) is 70.3 Å². The molecule has 0 saturated carbocycles. The molecule has 0 aliphatic rings. The molecule has 9 heteroatoms. The summed E-state index contributed by atoms with van der Waals surface area (Å²) >= 11 is 1.76. The van der Waals surface area contributed by atoms with E-state index in [1.54, 1.807) is 24.6 Å². The number of methoxy groups -OCH3 is 1. The van der Waals surface area contributed by atoms with E-state index in [0.717, 1.165) is 28.4 Å². The molecule has 0 aliphatic heterocycles. The predicted octanol–water partition coefficient (Wildman–Crippen LogP) is 4.13. The molecule has 0 saturated heterocycles. The number of carboxylic acids is 2. The number of aliphatic carboxylic acids is 2. The van der Waals surface area contributed by atoms with Gasteiger partial charge >= 0.3 is 11.9 Å². The van der Waals surface area contributed by atoms with E-state index in [1.807, 2.05) is 42.5 Å². The summed E-state index contributed by atoms with van der Waals surface area (Å²) in [6.07, 6.45) is 5.92. The molecule has 2 N–H and O–H groups in total. The van der Waals surface area contributed by atoms with Crippen molar-refractivity contribution in [2.75, 3.05) is 7.11 Å². The molecule has 0 radical (unpaired) electrons. The average molecular weight is 437 g/mol. The Morgan fingerprint density at radius 3 is 2.42 bits per heavy atom. The Kier molecular flexibility index (Phi) is 6.78. The van der Waals surface area contributed by atoms with Crippen LogP contribution in [-0.2, 0) is 9.59 Å². The number of carbonyl (C=O) groups is 2. The van der Waals surface area contributed by atoms with Gasteiger partial charge in [0, 0.05) is 22.0 Å². The molecule has 0 fully saturated rings. The highest BCUT2D eigenvalue weighted by Crippen LogP contribution is 2.26. The number of thiophene rings is 1. The summed E-state index contributed by atoms with van der Waals surface area (Å²) in [7, 11) is 1.66. The van der Waals surface area contributed by atoms with E-state index in [-0.39, 0.29) is 0 Å². The summed E-state index contributed by atoms with van der Waals surface area (Å²) < 4.78 is 7.39. The standard InChI is InChI=1S/C20H17N3OS.C2H2O4/c1-14-6-8-16(25-14)9-11-20-22-17-13-15(24-2)7-10-18(17)23(20)19-5-3-4-12-21-19;3-1(4)2(5)6/h3-13H,1-2H3;(H,3,4)(H,5,6)/b11-9+;. The van der Waals surface area contributed by atoms with Gasteiger partial charge in [0.2, 0.25) is 0 Å². The van der Waals surface area contributed by atoms with Crippen LogP contribution < -0.4 is 4.74 Å². The molecule has 3 aromatic heterocycles. The normalized spacial score (nSPS) is 10.6. The summed E-state index contributed by atoms with van der Waals surface area (Å²) in [5, 5.41) is 14.8. The molecule has 31 heavy (non-hydrogen) atoms. The minimum atomic E-state index is -1.82. The fourth-order valence-corrected chi connectivity index (χ4v) is 3.52. The zero-order valence-electron chi connectivity index (χ0n) is 16.7. The molecule has 0 amide bonds. The molecule has 0 spiro atoms. The van der Waals surface area contributed by atoms with E-state index in [4.69, 9.17) is 29.5 Å². The third-order valence-electron chi connectivity index (χ3n) is 4.11. The lowest BCUT2D eigenvalue weighted by molar-refractivity contribution is -0.159. The second-order valence-corrected chi connectivity index (χ2v) is 7.56. The Morgan fingerprint density at radius 1 is 1.06 bits per heavy atom. The number of hydrogen-bond donors (Lipinski definition) is 2. The number of ether oxygens (including phenoxy) is 1. The zero-order chi connectivity index (χ0) is 22.4. The van der Waals surface area contributed by atoms with Crippen LogP contribution in [0, 0.1) is 6.92 Å². The quantitative estimate of drug-likeness (QED) is 0.461. The summed E-state index contributed by atoms with van der Waals surface area (Å²) in [5.41, 5.74) is 1.88. The van der Waals surface area contributed by atoms with E-state index in [9.17, 15) is 0 Å². The minimum absolute atomic E-state index is 0.794. The average Bonchev–Trinajstić information content (AvgIpc) is 3.35. The number of benzene rings is 1.